The van der Waals surface area contributed by atoms with E-state index in [-0.39, 0.29) is 5.91 Å². The first kappa shape index (κ1) is 9.96. The van der Waals surface area contributed by atoms with Crippen LogP contribution in [0.25, 0.3) is 0 Å². The van der Waals surface area contributed by atoms with Crippen LogP contribution in [0.2, 0.25) is 0 Å². The van der Waals surface area contributed by atoms with Gasteiger partial charge in [-0.2, -0.15) is 0 Å². The molecule has 0 aromatic heterocycles. The van der Waals surface area contributed by atoms with Crippen molar-refractivity contribution in [3.05, 3.63) is 11.8 Å². The van der Waals surface area contributed by atoms with Gasteiger partial charge in [0.2, 0.25) is 5.91 Å². The average Bonchev–Trinajstić information content (AvgIpc) is 2.19. The van der Waals surface area contributed by atoms with Crippen molar-refractivity contribution in [2.24, 2.45) is 10.4 Å². The summed E-state index contributed by atoms with van der Waals surface area (Å²) in [6, 6.07) is 0. The molecular formula is C10H16N2O. The van der Waals surface area contributed by atoms with E-state index in [2.05, 4.69) is 4.99 Å². The Kier molecular flexibility index (Phi) is 2.55. The van der Waals surface area contributed by atoms with E-state index in [0.29, 0.717) is 0 Å². The van der Waals surface area contributed by atoms with Gasteiger partial charge in [0.1, 0.15) is 0 Å². The van der Waals surface area contributed by atoms with E-state index in [1.807, 2.05) is 26.8 Å². The summed E-state index contributed by atoms with van der Waals surface area (Å²) in [6.45, 7) is 5.88. The average molecular weight is 180 g/mol. The molecule has 0 aromatic rings. The van der Waals surface area contributed by atoms with Crippen LogP contribution in [0.15, 0.2) is 16.8 Å². The third-order valence-corrected chi connectivity index (χ3v) is 2.51. The van der Waals surface area contributed by atoms with E-state index in [9.17, 15) is 4.79 Å². The van der Waals surface area contributed by atoms with Crippen LogP contribution in [0.1, 0.15) is 27.2 Å². The molecule has 72 valence electrons. The van der Waals surface area contributed by atoms with Crippen LogP contribution in [0, 0.1) is 5.41 Å². The van der Waals surface area contributed by atoms with Gasteiger partial charge in [-0.3, -0.25) is 4.79 Å². The molecule has 1 atom stereocenters. The first-order chi connectivity index (χ1) is 5.99. The van der Waals surface area contributed by atoms with Crippen molar-refractivity contribution in [1.29, 1.82) is 0 Å². The third kappa shape index (κ3) is 1.79. The minimum absolute atomic E-state index is 0.107. The number of nitrogens with zero attached hydrogens (tertiary/aromatic N) is 2. The zero-order valence-electron chi connectivity index (χ0n) is 8.66. The lowest BCUT2D eigenvalue weighted by Gasteiger charge is -2.25. The molecule has 0 fully saturated rings. The SMILES string of the molecule is CCC1(C)C=C(C)N=CN(C)C1=O. The molecule has 13 heavy (non-hydrogen) atoms. The summed E-state index contributed by atoms with van der Waals surface area (Å²) < 4.78 is 0. The quantitative estimate of drug-likeness (QED) is 0.605. The molecule has 0 N–H and O–H groups in total. The first-order valence-electron chi connectivity index (χ1n) is 4.50. The molecule has 3 heteroatoms. The molecule has 1 aliphatic rings. The highest BCUT2D eigenvalue weighted by Gasteiger charge is 2.32. The Morgan fingerprint density at radius 1 is 1.62 bits per heavy atom. The molecule has 1 amide bonds. The summed E-state index contributed by atoms with van der Waals surface area (Å²) in [5, 5.41) is 0. The van der Waals surface area contributed by atoms with E-state index in [1.165, 1.54) is 0 Å². The van der Waals surface area contributed by atoms with Gasteiger partial charge >= 0.3 is 0 Å². The number of rotatable bonds is 1. The van der Waals surface area contributed by atoms with Gasteiger partial charge in [-0.05, 0) is 26.3 Å². The fourth-order valence-electron chi connectivity index (χ4n) is 1.45. The maximum absolute atomic E-state index is 11.8. The van der Waals surface area contributed by atoms with Crippen molar-refractivity contribution in [2.45, 2.75) is 27.2 Å². The Hall–Kier alpha value is -1.12. The summed E-state index contributed by atoms with van der Waals surface area (Å²) in [4.78, 5) is 17.5. The molecule has 0 bridgehead atoms. The number of amides is 1. The molecule has 1 aliphatic heterocycles. The van der Waals surface area contributed by atoms with Gasteiger partial charge in [0, 0.05) is 12.7 Å². The highest BCUT2D eigenvalue weighted by molar-refractivity contribution is 5.93. The van der Waals surface area contributed by atoms with Gasteiger partial charge in [0.15, 0.2) is 0 Å². The smallest absolute Gasteiger partial charge is 0.237 e. The Morgan fingerprint density at radius 2 is 2.23 bits per heavy atom. The summed E-state index contributed by atoms with van der Waals surface area (Å²) in [6.07, 6.45) is 4.32. The predicted octanol–water partition coefficient (Wildman–Crippen LogP) is 1.81. The van der Waals surface area contributed by atoms with Crippen LogP contribution >= 0.6 is 0 Å². The molecule has 1 rings (SSSR count). The van der Waals surface area contributed by atoms with Gasteiger partial charge < -0.3 is 4.90 Å². The Labute approximate surface area is 79.1 Å². The van der Waals surface area contributed by atoms with Gasteiger partial charge in [-0.1, -0.05) is 6.92 Å². The maximum Gasteiger partial charge on any atom is 0.237 e. The lowest BCUT2D eigenvalue weighted by atomic mass is 9.85. The monoisotopic (exact) mass is 180 g/mol. The Balaban J connectivity index is 3.10. The standard InChI is InChI=1S/C10H16N2O/c1-5-10(3)6-8(2)11-7-12(4)9(10)13/h6-7H,5H2,1-4H3. The highest BCUT2D eigenvalue weighted by Crippen LogP contribution is 2.28. The molecule has 0 radical (unpaired) electrons. The second-order valence-corrected chi connectivity index (χ2v) is 3.72. The van der Waals surface area contributed by atoms with Crippen molar-refractivity contribution in [1.82, 2.24) is 4.90 Å². The van der Waals surface area contributed by atoms with E-state index in [4.69, 9.17) is 0 Å². The summed E-state index contributed by atoms with van der Waals surface area (Å²) in [7, 11) is 1.74. The summed E-state index contributed by atoms with van der Waals surface area (Å²) in [5.41, 5.74) is 0.511. The molecule has 0 saturated carbocycles. The van der Waals surface area contributed by atoms with Crippen LogP contribution in [-0.4, -0.2) is 24.2 Å². The molecule has 1 heterocycles. The van der Waals surface area contributed by atoms with Crippen molar-refractivity contribution in [3.63, 3.8) is 0 Å². The molecule has 0 saturated heterocycles. The van der Waals surface area contributed by atoms with Gasteiger partial charge in [-0.15, -0.1) is 0 Å². The number of carbonyl (C=O) groups is 1. The molecule has 0 aromatic carbocycles. The van der Waals surface area contributed by atoms with E-state index in [1.54, 1.807) is 18.3 Å². The maximum atomic E-state index is 11.8. The lowest BCUT2D eigenvalue weighted by Crippen LogP contribution is -2.37. The normalized spacial score (nSPS) is 28.8. The molecule has 0 spiro atoms. The first-order valence-corrected chi connectivity index (χ1v) is 4.50. The topological polar surface area (TPSA) is 32.7 Å². The van der Waals surface area contributed by atoms with Gasteiger partial charge in [0.05, 0.1) is 11.8 Å². The van der Waals surface area contributed by atoms with E-state index >= 15 is 0 Å². The van der Waals surface area contributed by atoms with Crippen molar-refractivity contribution in [3.8, 4) is 0 Å². The largest absolute Gasteiger partial charge is 0.305 e. The lowest BCUT2D eigenvalue weighted by molar-refractivity contribution is -0.133. The molecular weight excluding hydrogens is 164 g/mol. The Morgan fingerprint density at radius 3 is 2.77 bits per heavy atom. The van der Waals surface area contributed by atoms with Crippen LogP contribution in [0.5, 0.6) is 0 Å². The minimum Gasteiger partial charge on any atom is -0.305 e. The van der Waals surface area contributed by atoms with E-state index in [0.717, 1.165) is 12.1 Å². The second kappa shape index (κ2) is 3.32. The molecule has 0 aliphatic carbocycles. The highest BCUT2D eigenvalue weighted by atomic mass is 16.2. The third-order valence-electron chi connectivity index (χ3n) is 2.51. The predicted molar refractivity (Wildman–Crippen MR) is 53.4 cm³/mol. The summed E-state index contributed by atoms with van der Waals surface area (Å²) >= 11 is 0. The fourth-order valence-corrected chi connectivity index (χ4v) is 1.45. The second-order valence-electron chi connectivity index (χ2n) is 3.72. The summed E-state index contributed by atoms with van der Waals surface area (Å²) in [5.74, 6) is 0.107. The number of hydrogen-bond acceptors (Lipinski definition) is 2. The van der Waals surface area contributed by atoms with Crippen LogP contribution in [-0.2, 0) is 4.79 Å². The number of allylic oxidation sites excluding steroid dienone is 1. The zero-order chi connectivity index (χ0) is 10.1. The van der Waals surface area contributed by atoms with Crippen LogP contribution < -0.4 is 0 Å². The molecule has 3 nitrogen and oxygen atoms in total. The van der Waals surface area contributed by atoms with Crippen molar-refractivity contribution >= 4 is 12.2 Å². The van der Waals surface area contributed by atoms with Gasteiger partial charge in [0.25, 0.3) is 0 Å². The fraction of sp³-hybridized carbons (Fsp3) is 0.600. The van der Waals surface area contributed by atoms with Gasteiger partial charge in [-0.25, -0.2) is 4.99 Å². The molecule has 1 unspecified atom stereocenters. The number of hydrogen-bond donors (Lipinski definition) is 0. The van der Waals surface area contributed by atoms with Crippen molar-refractivity contribution in [2.75, 3.05) is 7.05 Å². The van der Waals surface area contributed by atoms with Crippen molar-refractivity contribution < 1.29 is 4.79 Å². The number of aliphatic imine (C=N–C) groups is 1. The Bertz CT molecular complexity index is 281. The van der Waals surface area contributed by atoms with Crippen LogP contribution in [0.4, 0.5) is 0 Å². The van der Waals surface area contributed by atoms with E-state index < -0.39 is 5.41 Å². The zero-order valence-corrected chi connectivity index (χ0v) is 8.66. The number of carbonyl (C=O) groups excluding carboxylic acids is 1. The minimum atomic E-state index is -0.394. The van der Waals surface area contributed by atoms with Crippen LogP contribution in [0.3, 0.4) is 0 Å².